The average molecular weight is 418 g/mol. The van der Waals surface area contributed by atoms with E-state index < -0.39 is 12.0 Å². The number of likely N-dealkylation sites (tertiary alicyclic amines) is 1. The van der Waals surface area contributed by atoms with Gasteiger partial charge in [-0.25, -0.2) is 4.79 Å². The van der Waals surface area contributed by atoms with E-state index in [1.807, 2.05) is 48.5 Å². The molecule has 1 atom stereocenters. The molecule has 0 aromatic heterocycles. The summed E-state index contributed by atoms with van der Waals surface area (Å²) in [5, 5.41) is 0. The van der Waals surface area contributed by atoms with Crippen LogP contribution in [0.3, 0.4) is 0 Å². The van der Waals surface area contributed by atoms with Crippen LogP contribution in [0.15, 0.2) is 60.7 Å². The first-order valence-corrected chi connectivity index (χ1v) is 11.0. The number of allylic oxidation sites excluding steroid dienone is 1. The maximum atomic E-state index is 12.7. The minimum atomic E-state index is -0.597. The minimum absolute atomic E-state index is 0.185. The maximum Gasteiger partial charge on any atom is 0.329 e. The Labute approximate surface area is 182 Å². The summed E-state index contributed by atoms with van der Waals surface area (Å²) in [5.74, 6) is -0.918. The summed E-state index contributed by atoms with van der Waals surface area (Å²) in [5.41, 5.74) is 4.06. The molecule has 0 saturated carbocycles. The number of nitrogens with zero attached hydrogens (tertiary/aromatic N) is 1. The lowest BCUT2D eigenvalue weighted by atomic mass is 9.90. The molecule has 1 aliphatic carbocycles. The number of ketones is 1. The standard InChI is InChI=1S/C26H27NO4/c28-24(22-13-12-20-9-4-5-10-21(20)17-22)14-15-25(29)27-16-6-11-23(27)26(30)31-18-19-7-2-1-3-8-19/h1-3,7-8,12-15,17,23H,4-6,9-11,16,18H2/t23-/m0/s1. The van der Waals surface area contributed by atoms with Crippen molar-refractivity contribution >= 4 is 17.7 Å². The number of ether oxygens (including phenoxy) is 1. The van der Waals surface area contributed by atoms with Crippen LogP contribution in [0.1, 0.15) is 52.7 Å². The fraction of sp³-hybridized carbons (Fsp3) is 0.346. The Hall–Kier alpha value is -3.21. The first-order chi connectivity index (χ1) is 15.1. The summed E-state index contributed by atoms with van der Waals surface area (Å²) in [6, 6.07) is 14.7. The van der Waals surface area contributed by atoms with Gasteiger partial charge in [0.1, 0.15) is 12.6 Å². The third-order valence-corrected chi connectivity index (χ3v) is 6.04. The van der Waals surface area contributed by atoms with E-state index in [1.165, 1.54) is 34.6 Å². The molecule has 1 aliphatic heterocycles. The molecule has 0 spiro atoms. The SMILES string of the molecule is O=C(C=CC(=O)N1CCC[C@H]1C(=O)OCc1ccccc1)c1ccc2c(c1)CCCC2. The van der Waals surface area contributed by atoms with Crippen LogP contribution in [0.2, 0.25) is 0 Å². The smallest absolute Gasteiger partial charge is 0.329 e. The van der Waals surface area contributed by atoms with Gasteiger partial charge < -0.3 is 9.64 Å². The number of aryl methyl sites for hydroxylation is 2. The molecule has 1 fully saturated rings. The van der Waals surface area contributed by atoms with E-state index >= 15 is 0 Å². The normalized spacial score (nSPS) is 18.1. The molecule has 2 aliphatic rings. The molecule has 160 valence electrons. The molecule has 4 rings (SSSR count). The van der Waals surface area contributed by atoms with Crippen molar-refractivity contribution in [2.24, 2.45) is 0 Å². The molecule has 0 radical (unpaired) electrons. The lowest BCUT2D eigenvalue weighted by Gasteiger charge is -2.22. The zero-order valence-corrected chi connectivity index (χ0v) is 17.6. The van der Waals surface area contributed by atoms with Crippen LogP contribution in [0.25, 0.3) is 0 Å². The van der Waals surface area contributed by atoms with E-state index in [-0.39, 0.29) is 18.3 Å². The lowest BCUT2D eigenvalue weighted by molar-refractivity contribution is -0.153. The third-order valence-electron chi connectivity index (χ3n) is 6.04. The van der Waals surface area contributed by atoms with Gasteiger partial charge in [0.2, 0.25) is 5.91 Å². The predicted molar refractivity (Wildman–Crippen MR) is 118 cm³/mol. The molecular weight excluding hydrogens is 390 g/mol. The molecular formula is C26H27NO4. The number of benzene rings is 2. The van der Waals surface area contributed by atoms with Crippen LogP contribution in [0.4, 0.5) is 0 Å². The highest BCUT2D eigenvalue weighted by Crippen LogP contribution is 2.23. The third kappa shape index (κ3) is 5.10. The fourth-order valence-electron chi connectivity index (χ4n) is 4.33. The largest absolute Gasteiger partial charge is 0.459 e. The Balaban J connectivity index is 1.36. The van der Waals surface area contributed by atoms with Gasteiger partial charge in [-0.05, 0) is 67.4 Å². The number of hydrogen-bond donors (Lipinski definition) is 0. The highest BCUT2D eigenvalue weighted by Gasteiger charge is 2.34. The quantitative estimate of drug-likeness (QED) is 0.404. The van der Waals surface area contributed by atoms with Crippen molar-refractivity contribution in [1.29, 1.82) is 0 Å². The number of hydrogen-bond acceptors (Lipinski definition) is 4. The Morgan fingerprint density at radius 3 is 2.52 bits per heavy atom. The zero-order chi connectivity index (χ0) is 21.6. The van der Waals surface area contributed by atoms with Gasteiger partial charge in [0.15, 0.2) is 5.78 Å². The van der Waals surface area contributed by atoms with Gasteiger partial charge >= 0.3 is 5.97 Å². The summed E-state index contributed by atoms with van der Waals surface area (Å²) >= 11 is 0. The highest BCUT2D eigenvalue weighted by atomic mass is 16.5. The molecule has 1 saturated heterocycles. The van der Waals surface area contributed by atoms with Crippen LogP contribution in [-0.4, -0.2) is 35.1 Å². The second-order valence-electron chi connectivity index (χ2n) is 8.17. The number of carbonyl (C=O) groups is 3. The second-order valence-corrected chi connectivity index (χ2v) is 8.17. The summed E-state index contributed by atoms with van der Waals surface area (Å²) in [7, 11) is 0. The van der Waals surface area contributed by atoms with E-state index in [9.17, 15) is 14.4 Å². The van der Waals surface area contributed by atoms with Gasteiger partial charge in [-0.2, -0.15) is 0 Å². The van der Waals surface area contributed by atoms with Gasteiger partial charge in [-0.15, -0.1) is 0 Å². The van der Waals surface area contributed by atoms with Gasteiger partial charge in [-0.3, -0.25) is 9.59 Å². The Morgan fingerprint density at radius 2 is 1.71 bits per heavy atom. The molecule has 31 heavy (non-hydrogen) atoms. The van der Waals surface area contributed by atoms with Crippen LogP contribution in [0.5, 0.6) is 0 Å². The monoisotopic (exact) mass is 417 g/mol. The van der Waals surface area contributed by atoms with Crippen molar-refractivity contribution in [3.05, 3.63) is 82.9 Å². The van der Waals surface area contributed by atoms with Gasteiger partial charge in [0.05, 0.1) is 0 Å². The number of fused-ring (bicyclic) bond motifs is 1. The van der Waals surface area contributed by atoms with E-state index in [2.05, 4.69) is 0 Å². The zero-order valence-electron chi connectivity index (χ0n) is 17.6. The molecule has 0 unspecified atom stereocenters. The van der Waals surface area contributed by atoms with Crippen molar-refractivity contribution in [1.82, 2.24) is 4.90 Å². The minimum Gasteiger partial charge on any atom is -0.459 e. The summed E-state index contributed by atoms with van der Waals surface area (Å²) in [6.07, 6.45) is 8.32. The van der Waals surface area contributed by atoms with E-state index in [4.69, 9.17) is 4.74 Å². The molecule has 1 heterocycles. The van der Waals surface area contributed by atoms with Gasteiger partial charge in [0.25, 0.3) is 0 Å². The van der Waals surface area contributed by atoms with E-state index in [0.717, 1.165) is 31.2 Å². The summed E-state index contributed by atoms with van der Waals surface area (Å²) in [4.78, 5) is 39.3. The maximum absolute atomic E-state index is 12.7. The van der Waals surface area contributed by atoms with Crippen LogP contribution < -0.4 is 0 Å². The molecule has 2 aromatic carbocycles. The van der Waals surface area contributed by atoms with Crippen molar-refractivity contribution in [2.75, 3.05) is 6.54 Å². The number of esters is 1. The first kappa shape index (κ1) is 21.0. The average Bonchev–Trinajstić information content (AvgIpc) is 3.31. The summed E-state index contributed by atoms with van der Waals surface area (Å²) in [6.45, 7) is 0.673. The molecule has 0 bridgehead atoms. The van der Waals surface area contributed by atoms with Gasteiger partial charge in [-0.1, -0.05) is 42.5 Å². The van der Waals surface area contributed by atoms with Crippen molar-refractivity contribution in [3.8, 4) is 0 Å². The van der Waals surface area contributed by atoms with Crippen LogP contribution in [0, 0.1) is 0 Å². The number of carbonyl (C=O) groups excluding carboxylic acids is 3. The van der Waals surface area contributed by atoms with Crippen LogP contribution >= 0.6 is 0 Å². The predicted octanol–water partition coefficient (Wildman–Crippen LogP) is 4.04. The Bertz CT molecular complexity index is 996. The van der Waals surface area contributed by atoms with E-state index in [0.29, 0.717) is 18.5 Å². The van der Waals surface area contributed by atoms with Crippen molar-refractivity contribution in [3.63, 3.8) is 0 Å². The molecule has 5 heteroatoms. The topological polar surface area (TPSA) is 63.7 Å². The number of amides is 1. The molecule has 2 aromatic rings. The van der Waals surface area contributed by atoms with Crippen LogP contribution in [-0.2, 0) is 33.8 Å². The molecule has 1 amide bonds. The van der Waals surface area contributed by atoms with Crippen molar-refractivity contribution in [2.45, 2.75) is 51.2 Å². The Morgan fingerprint density at radius 1 is 0.935 bits per heavy atom. The molecule has 5 nitrogen and oxygen atoms in total. The number of rotatable bonds is 6. The fourth-order valence-corrected chi connectivity index (χ4v) is 4.33. The summed E-state index contributed by atoms with van der Waals surface area (Å²) < 4.78 is 5.42. The lowest BCUT2D eigenvalue weighted by Crippen LogP contribution is -2.40. The highest BCUT2D eigenvalue weighted by molar-refractivity contribution is 6.08. The van der Waals surface area contributed by atoms with Crippen molar-refractivity contribution < 1.29 is 19.1 Å². The van der Waals surface area contributed by atoms with E-state index in [1.54, 1.807) is 0 Å². The first-order valence-electron chi connectivity index (χ1n) is 11.0. The van der Waals surface area contributed by atoms with Gasteiger partial charge in [0, 0.05) is 18.2 Å². The second kappa shape index (κ2) is 9.73. The molecule has 0 N–H and O–H groups in total. The Kier molecular flexibility index (Phi) is 6.60.